The average molecular weight is 355 g/mol. The van der Waals surface area contributed by atoms with Gasteiger partial charge in [0.1, 0.15) is 12.4 Å². The van der Waals surface area contributed by atoms with Gasteiger partial charge in [0.05, 0.1) is 17.7 Å². The van der Waals surface area contributed by atoms with Crippen molar-refractivity contribution in [2.45, 2.75) is 6.42 Å². The zero-order valence-corrected chi connectivity index (χ0v) is 13.4. The molecule has 6 heteroatoms. The monoisotopic (exact) mass is 354 g/mol. The van der Waals surface area contributed by atoms with Crippen molar-refractivity contribution in [3.05, 3.63) is 27.7 Å². The summed E-state index contributed by atoms with van der Waals surface area (Å²) in [6.07, 6.45) is 0.869. The number of rotatable bonds is 4. The van der Waals surface area contributed by atoms with Crippen LogP contribution in [0.2, 0.25) is 0 Å². The molecule has 0 atom stereocenters. The van der Waals surface area contributed by atoms with Crippen LogP contribution in [0.25, 0.3) is 0 Å². The lowest BCUT2D eigenvalue weighted by Gasteiger charge is -2.26. The Balaban J connectivity index is 1.62. The maximum absolute atomic E-state index is 11.9. The van der Waals surface area contributed by atoms with Gasteiger partial charge >= 0.3 is 0 Å². The number of hydrogen-bond donors (Lipinski definition) is 1. The maximum Gasteiger partial charge on any atom is 0.251 e. The molecule has 2 aliphatic rings. The number of carbonyl (C=O) groups is 1. The molecule has 0 unspecified atom stereocenters. The van der Waals surface area contributed by atoms with Gasteiger partial charge in [-0.2, -0.15) is 0 Å². The Kier molecular flexibility index (Phi) is 4.77. The van der Waals surface area contributed by atoms with Crippen molar-refractivity contribution < 1.29 is 14.3 Å². The molecular formula is C15H19BrN2O3. The number of fused-ring (bicyclic) bond motifs is 1. The van der Waals surface area contributed by atoms with Gasteiger partial charge in [-0.1, -0.05) is 0 Å². The predicted octanol–water partition coefficient (Wildman–Crippen LogP) is 1.45. The molecule has 0 spiro atoms. The Bertz CT molecular complexity index is 530. The van der Waals surface area contributed by atoms with E-state index in [1.807, 2.05) is 12.1 Å². The predicted molar refractivity (Wildman–Crippen MR) is 82.9 cm³/mol. The molecule has 0 saturated carbocycles. The topological polar surface area (TPSA) is 50.8 Å². The van der Waals surface area contributed by atoms with Gasteiger partial charge in [0.15, 0.2) is 0 Å². The molecule has 1 N–H and O–H groups in total. The zero-order chi connectivity index (χ0) is 14.7. The Labute approximate surface area is 132 Å². The lowest BCUT2D eigenvalue weighted by Crippen LogP contribution is -2.38. The summed E-state index contributed by atoms with van der Waals surface area (Å²) in [6, 6.07) is 3.84. The number of nitrogens with one attached hydrogen (secondary N) is 1. The van der Waals surface area contributed by atoms with E-state index in [1.165, 1.54) is 0 Å². The van der Waals surface area contributed by atoms with Crippen LogP contribution in [0.1, 0.15) is 15.9 Å². The number of ether oxygens (including phenoxy) is 2. The molecule has 3 rings (SSSR count). The highest BCUT2D eigenvalue weighted by Gasteiger charge is 2.19. The van der Waals surface area contributed by atoms with Crippen LogP contribution in [0, 0.1) is 0 Å². The van der Waals surface area contributed by atoms with E-state index in [2.05, 4.69) is 26.1 Å². The third-order valence-electron chi connectivity index (χ3n) is 3.85. The highest BCUT2D eigenvalue weighted by molar-refractivity contribution is 9.10. The van der Waals surface area contributed by atoms with Gasteiger partial charge in [0.25, 0.3) is 5.91 Å². The molecular weight excluding hydrogens is 336 g/mol. The van der Waals surface area contributed by atoms with Crippen LogP contribution in [0.15, 0.2) is 16.6 Å². The Morgan fingerprint density at radius 1 is 1.33 bits per heavy atom. The van der Waals surface area contributed by atoms with Crippen molar-refractivity contribution in [2.75, 3.05) is 46.0 Å². The van der Waals surface area contributed by atoms with Crippen LogP contribution >= 0.6 is 15.9 Å². The Hall–Kier alpha value is -1.11. The molecule has 2 aliphatic heterocycles. The van der Waals surface area contributed by atoms with E-state index in [0.717, 1.165) is 60.6 Å². The molecule has 1 aromatic rings. The summed E-state index contributed by atoms with van der Waals surface area (Å²) in [4.78, 5) is 14.2. The van der Waals surface area contributed by atoms with Gasteiger partial charge in [-0.3, -0.25) is 9.69 Å². The van der Waals surface area contributed by atoms with E-state index < -0.39 is 0 Å². The number of halogens is 1. The second-order valence-electron chi connectivity index (χ2n) is 5.25. The van der Waals surface area contributed by atoms with E-state index in [1.54, 1.807) is 0 Å². The number of amides is 1. The summed E-state index contributed by atoms with van der Waals surface area (Å²) in [5.41, 5.74) is 1.80. The number of nitrogens with zero attached hydrogens (tertiary/aromatic N) is 1. The van der Waals surface area contributed by atoms with Crippen molar-refractivity contribution in [1.29, 1.82) is 0 Å². The smallest absolute Gasteiger partial charge is 0.251 e. The molecule has 1 aromatic carbocycles. The van der Waals surface area contributed by atoms with Crippen molar-refractivity contribution in [1.82, 2.24) is 10.2 Å². The SMILES string of the molecule is O=C1NCCc2cc(Br)c(OCCN3CCOCC3)cc21. The fourth-order valence-electron chi connectivity index (χ4n) is 2.64. The Morgan fingerprint density at radius 3 is 2.95 bits per heavy atom. The lowest BCUT2D eigenvalue weighted by molar-refractivity contribution is 0.0322. The minimum absolute atomic E-state index is 0.0122. The first kappa shape index (κ1) is 14.8. The van der Waals surface area contributed by atoms with Crippen molar-refractivity contribution in [3.8, 4) is 5.75 Å². The van der Waals surface area contributed by atoms with Gasteiger partial charge in [0.2, 0.25) is 0 Å². The molecule has 0 radical (unpaired) electrons. The summed E-state index contributed by atoms with van der Waals surface area (Å²) in [7, 11) is 0. The van der Waals surface area contributed by atoms with E-state index in [0.29, 0.717) is 13.2 Å². The molecule has 0 aromatic heterocycles. The fraction of sp³-hybridized carbons (Fsp3) is 0.533. The third-order valence-corrected chi connectivity index (χ3v) is 4.47. The van der Waals surface area contributed by atoms with Crippen LogP contribution in [0.4, 0.5) is 0 Å². The van der Waals surface area contributed by atoms with Crippen molar-refractivity contribution in [2.24, 2.45) is 0 Å². The molecule has 5 nitrogen and oxygen atoms in total. The van der Waals surface area contributed by atoms with Crippen LogP contribution < -0.4 is 10.1 Å². The summed E-state index contributed by atoms with van der Waals surface area (Å²) in [5.74, 6) is 0.723. The summed E-state index contributed by atoms with van der Waals surface area (Å²) >= 11 is 3.53. The highest BCUT2D eigenvalue weighted by atomic mass is 79.9. The lowest BCUT2D eigenvalue weighted by atomic mass is 10.0. The van der Waals surface area contributed by atoms with Gasteiger partial charge in [-0.15, -0.1) is 0 Å². The maximum atomic E-state index is 11.9. The zero-order valence-electron chi connectivity index (χ0n) is 11.9. The summed E-state index contributed by atoms with van der Waals surface area (Å²) < 4.78 is 12.1. The molecule has 2 heterocycles. The Morgan fingerprint density at radius 2 is 2.14 bits per heavy atom. The molecule has 0 bridgehead atoms. The quantitative estimate of drug-likeness (QED) is 0.888. The molecule has 1 amide bonds. The number of morpholine rings is 1. The fourth-order valence-corrected chi connectivity index (χ4v) is 3.14. The first-order chi connectivity index (χ1) is 10.2. The molecule has 1 saturated heterocycles. The van der Waals surface area contributed by atoms with Crippen molar-refractivity contribution in [3.63, 3.8) is 0 Å². The van der Waals surface area contributed by atoms with Crippen LogP contribution in [0.5, 0.6) is 5.75 Å². The summed E-state index contributed by atoms with van der Waals surface area (Å²) in [5, 5.41) is 2.86. The first-order valence-electron chi connectivity index (χ1n) is 7.27. The average Bonchev–Trinajstić information content (AvgIpc) is 2.50. The van der Waals surface area contributed by atoms with Crippen LogP contribution in [0.3, 0.4) is 0 Å². The van der Waals surface area contributed by atoms with Gasteiger partial charge < -0.3 is 14.8 Å². The molecule has 114 valence electrons. The first-order valence-corrected chi connectivity index (χ1v) is 8.07. The second kappa shape index (κ2) is 6.77. The van der Waals surface area contributed by atoms with Crippen LogP contribution in [-0.2, 0) is 11.2 Å². The van der Waals surface area contributed by atoms with E-state index in [4.69, 9.17) is 9.47 Å². The number of hydrogen-bond acceptors (Lipinski definition) is 4. The second-order valence-corrected chi connectivity index (χ2v) is 6.10. The number of benzene rings is 1. The van der Waals surface area contributed by atoms with E-state index in [-0.39, 0.29) is 5.91 Å². The molecule has 1 fully saturated rings. The van der Waals surface area contributed by atoms with Gasteiger partial charge in [-0.25, -0.2) is 0 Å². The normalized spacial score (nSPS) is 19.0. The minimum atomic E-state index is -0.0122. The summed E-state index contributed by atoms with van der Waals surface area (Å²) in [6.45, 7) is 5.69. The molecule has 21 heavy (non-hydrogen) atoms. The van der Waals surface area contributed by atoms with Crippen molar-refractivity contribution >= 4 is 21.8 Å². The van der Waals surface area contributed by atoms with E-state index >= 15 is 0 Å². The largest absolute Gasteiger partial charge is 0.491 e. The highest BCUT2D eigenvalue weighted by Crippen LogP contribution is 2.30. The minimum Gasteiger partial charge on any atom is -0.491 e. The van der Waals surface area contributed by atoms with Gasteiger partial charge in [0, 0.05) is 31.7 Å². The van der Waals surface area contributed by atoms with Gasteiger partial charge in [-0.05, 0) is 40.0 Å². The number of carbonyl (C=O) groups excluding carboxylic acids is 1. The molecule has 0 aliphatic carbocycles. The van der Waals surface area contributed by atoms with E-state index in [9.17, 15) is 4.79 Å². The standard InChI is InChI=1S/C15H19BrN2O3/c16-13-9-11-1-2-17-15(19)12(11)10-14(13)21-8-5-18-3-6-20-7-4-18/h9-10H,1-8H2,(H,17,19). The third kappa shape index (κ3) is 3.56. The van der Waals surface area contributed by atoms with Crippen LogP contribution in [-0.4, -0.2) is 56.8 Å².